The maximum Gasteiger partial charge on any atom is 0.247 e. The molecule has 1 amide bonds. The molecule has 6 rings (SSSR count). The van der Waals surface area contributed by atoms with Gasteiger partial charge in [-0.1, -0.05) is 18.2 Å². The number of para-hydroxylation sites is 1. The summed E-state index contributed by atoms with van der Waals surface area (Å²) >= 11 is 0. The van der Waals surface area contributed by atoms with Crippen molar-refractivity contribution in [1.82, 2.24) is 15.2 Å². The highest BCUT2D eigenvalue weighted by Gasteiger charge is 2.53. The summed E-state index contributed by atoms with van der Waals surface area (Å²) < 4.78 is 0. The predicted molar refractivity (Wildman–Crippen MR) is 124 cm³/mol. The fourth-order valence-electron chi connectivity index (χ4n) is 6.71. The number of aromatic amines is 1. The van der Waals surface area contributed by atoms with E-state index in [1.165, 1.54) is 23.4 Å². The van der Waals surface area contributed by atoms with E-state index in [0.717, 1.165) is 69.4 Å². The van der Waals surface area contributed by atoms with Crippen LogP contribution in [0.5, 0.6) is 0 Å². The zero-order valence-electron chi connectivity index (χ0n) is 18.8. The Labute approximate surface area is 189 Å². The average Bonchev–Trinajstić information content (AvgIpc) is 3.45. The summed E-state index contributed by atoms with van der Waals surface area (Å²) in [4.78, 5) is 34.7. The van der Waals surface area contributed by atoms with E-state index >= 15 is 0 Å². The number of amides is 1. The van der Waals surface area contributed by atoms with Gasteiger partial charge >= 0.3 is 0 Å². The minimum absolute atomic E-state index is 0.00882. The normalized spacial score (nSPS) is 27.0. The van der Waals surface area contributed by atoms with Gasteiger partial charge in [0.2, 0.25) is 5.91 Å². The van der Waals surface area contributed by atoms with E-state index in [1.54, 1.807) is 0 Å². The summed E-state index contributed by atoms with van der Waals surface area (Å²) in [6, 6.07) is 10.3. The molecule has 1 aromatic heterocycles. The highest BCUT2D eigenvalue weighted by atomic mass is 16.2. The molecular weight excluding hydrogens is 400 g/mol. The van der Waals surface area contributed by atoms with E-state index in [-0.39, 0.29) is 18.0 Å². The lowest BCUT2D eigenvalue weighted by Gasteiger charge is -2.45. The van der Waals surface area contributed by atoms with Gasteiger partial charge in [0, 0.05) is 48.2 Å². The number of benzene rings is 1. The third-order valence-corrected chi connectivity index (χ3v) is 8.29. The lowest BCUT2D eigenvalue weighted by molar-refractivity contribution is -0.125. The first kappa shape index (κ1) is 20.0. The molecule has 6 nitrogen and oxygen atoms in total. The molecule has 2 fully saturated rings. The number of anilines is 1. The fourth-order valence-corrected chi connectivity index (χ4v) is 6.71. The van der Waals surface area contributed by atoms with Gasteiger partial charge in [0.25, 0.3) is 0 Å². The standard InChI is InChI=1S/C26H32N4O2/c1-17-27-25(32)26(30(17)19-6-3-2-4-7-19)12-14-29(15-13-26)16-18-10-11-22-23(24(18)31)20-8-5-9-21(20)28-22/h2-4,6-7,17-18,28H,5,8-16H2,1H3,(H,27,32). The van der Waals surface area contributed by atoms with Crippen LogP contribution < -0.4 is 10.2 Å². The number of likely N-dealkylation sites (tertiary alicyclic amines) is 1. The van der Waals surface area contributed by atoms with Crippen LogP contribution in [0.25, 0.3) is 0 Å². The number of aryl methyl sites for hydroxylation is 2. The third kappa shape index (κ3) is 2.95. The molecule has 1 spiro atoms. The van der Waals surface area contributed by atoms with Crippen LogP contribution in [0, 0.1) is 5.92 Å². The molecule has 0 saturated carbocycles. The van der Waals surface area contributed by atoms with Crippen LogP contribution in [-0.4, -0.2) is 52.9 Å². The van der Waals surface area contributed by atoms with E-state index in [0.29, 0.717) is 5.78 Å². The second-order valence-corrected chi connectivity index (χ2v) is 10.1. The Morgan fingerprint density at radius 1 is 1.03 bits per heavy atom. The number of hydrogen-bond donors (Lipinski definition) is 2. The smallest absolute Gasteiger partial charge is 0.247 e. The maximum absolute atomic E-state index is 13.4. The van der Waals surface area contributed by atoms with Crippen molar-refractivity contribution in [2.45, 2.75) is 63.6 Å². The van der Waals surface area contributed by atoms with Gasteiger partial charge in [0.15, 0.2) is 5.78 Å². The van der Waals surface area contributed by atoms with Crippen molar-refractivity contribution in [3.63, 3.8) is 0 Å². The highest BCUT2D eigenvalue weighted by Crippen LogP contribution is 2.40. The molecular formula is C26H32N4O2. The first-order valence-electron chi connectivity index (χ1n) is 12.2. The monoisotopic (exact) mass is 432 g/mol. The molecule has 2 saturated heterocycles. The zero-order chi connectivity index (χ0) is 21.9. The van der Waals surface area contributed by atoms with Crippen molar-refractivity contribution in [1.29, 1.82) is 0 Å². The molecule has 2 aliphatic heterocycles. The van der Waals surface area contributed by atoms with Crippen molar-refractivity contribution in [3.05, 3.63) is 52.8 Å². The number of fused-ring (bicyclic) bond motifs is 3. The second-order valence-electron chi connectivity index (χ2n) is 10.1. The van der Waals surface area contributed by atoms with Crippen LogP contribution in [0.3, 0.4) is 0 Å². The molecule has 168 valence electrons. The summed E-state index contributed by atoms with van der Waals surface area (Å²) in [7, 11) is 0. The Balaban J connectivity index is 1.17. The SMILES string of the molecule is CC1NC(=O)C2(CCN(CC3CCc4[nH]c5c(c4C3=O)CCC5)CC2)N1c1ccccc1. The number of piperidine rings is 1. The molecule has 32 heavy (non-hydrogen) atoms. The molecule has 2 aliphatic carbocycles. The topological polar surface area (TPSA) is 68.4 Å². The molecule has 3 heterocycles. The number of H-pyrrole nitrogens is 1. The molecule has 0 bridgehead atoms. The molecule has 0 radical (unpaired) electrons. The lowest BCUT2D eigenvalue weighted by atomic mass is 9.82. The Kier molecular flexibility index (Phi) is 4.68. The Morgan fingerprint density at radius 2 is 1.81 bits per heavy atom. The summed E-state index contributed by atoms with van der Waals surface area (Å²) in [5, 5.41) is 3.17. The average molecular weight is 433 g/mol. The van der Waals surface area contributed by atoms with Crippen LogP contribution in [-0.2, 0) is 24.1 Å². The molecule has 2 N–H and O–H groups in total. The maximum atomic E-state index is 13.4. The van der Waals surface area contributed by atoms with E-state index in [4.69, 9.17) is 0 Å². The molecule has 4 aliphatic rings. The third-order valence-electron chi connectivity index (χ3n) is 8.29. The van der Waals surface area contributed by atoms with Crippen LogP contribution in [0.2, 0.25) is 0 Å². The van der Waals surface area contributed by atoms with Crippen LogP contribution in [0.4, 0.5) is 5.69 Å². The van der Waals surface area contributed by atoms with Crippen molar-refractivity contribution >= 4 is 17.4 Å². The number of Topliss-reactive ketones (excluding diaryl/α,β-unsaturated/α-hetero) is 1. The number of nitrogens with zero attached hydrogens (tertiary/aromatic N) is 2. The van der Waals surface area contributed by atoms with Crippen LogP contribution in [0.15, 0.2) is 30.3 Å². The number of rotatable bonds is 3. The van der Waals surface area contributed by atoms with Gasteiger partial charge in [-0.15, -0.1) is 0 Å². The molecule has 6 heteroatoms. The van der Waals surface area contributed by atoms with Crippen LogP contribution >= 0.6 is 0 Å². The largest absolute Gasteiger partial charge is 0.361 e. The van der Waals surface area contributed by atoms with Gasteiger partial charge in [0.05, 0.1) is 6.17 Å². The van der Waals surface area contributed by atoms with Gasteiger partial charge in [-0.2, -0.15) is 0 Å². The van der Waals surface area contributed by atoms with Crippen molar-refractivity contribution in [2.24, 2.45) is 5.92 Å². The van der Waals surface area contributed by atoms with Crippen molar-refractivity contribution in [3.8, 4) is 0 Å². The minimum atomic E-state index is -0.484. The van der Waals surface area contributed by atoms with E-state index in [2.05, 4.69) is 39.2 Å². The van der Waals surface area contributed by atoms with Gasteiger partial charge in [0.1, 0.15) is 5.54 Å². The van der Waals surface area contributed by atoms with E-state index in [1.807, 2.05) is 18.2 Å². The molecule has 2 unspecified atom stereocenters. The summed E-state index contributed by atoms with van der Waals surface area (Å²) in [6.45, 7) is 4.59. The Hall–Kier alpha value is -2.60. The fraction of sp³-hybridized carbons (Fsp3) is 0.538. The van der Waals surface area contributed by atoms with Crippen molar-refractivity contribution < 1.29 is 9.59 Å². The number of ketones is 1. The van der Waals surface area contributed by atoms with Gasteiger partial charge in [-0.3, -0.25) is 9.59 Å². The first-order chi connectivity index (χ1) is 15.6. The molecule has 2 atom stereocenters. The van der Waals surface area contributed by atoms with Gasteiger partial charge in [-0.25, -0.2) is 0 Å². The summed E-state index contributed by atoms with van der Waals surface area (Å²) in [5.74, 6) is 0.581. The second kappa shape index (κ2) is 7.48. The summed E-state index contributed by atoms with van der Waals surface area (Å²) in [6.07, 6.45) is 6.80. The number of aromatic nitrogens is 1. The quantitative estimate of drug-likeness (QED) is 0.782. The number of hydrogen-bond acceptors (Lipinski definition) is 4. The predicted octanol–water partition coefficient (Wildman–Crippen LogP) is 3.07. The van der Waals surface area contributed by atoms with Crippen molar-refractivity contribution in [2.75, 3.05) is 24.5 Å². The zero-order valence-corrected chi connectivity index (χ0v) is 18.8. The number of carbonyl (C=O) groups excluding carboxylic acids is 2. The van der Waals surface area contributed by atoms with Gasteiger partial charge in [-0.05, 0) is 69.6 Å². The number of carbonyl (C=O) groups is 2. The van der Waals surface area contributed by atoms with Gasteiger partial charge < -0.3 is 20.1 Å². The number of nitrogens with one attached hydrogen (secondary N) is 2. The Morgan fingerprint density at radius 3 is 2.59 bits per heavy atom. The van der Waals surface area contributed by atoms with Crippen LogP contribution in [0.1, 0.15) is 59.9 Å². The minimum Gasteiger partial charge on any atom is -0.361 e. The Bertz CT molecular complexity index is 1050. The van der Waals surface area contributed by atoms with E-state index < -0.39 is 5.54 Å². The lowest BCUT2D eigenvalue weighted by Crippen LogP contribution is -2.57. The molecule has 2 aromatic rings. The summed E-state index contributed by atoms with van der Waals surface area (Å²) in [5.41, 5.74) is 5.45. The first-order valence-corrected chi connectivity index (χ1v) is 12.2. The molecule has 1 aromatic carbocycles. The highest BCUT2D eigenvalue weighted by molar-refractivity contribution is 6.02. The van der Waals surface area contributed by atoms with E-state index in [9.17, 15) is 9.59 Å².